The molecular formula is C19H35IN4OS. The molecule has 5 nitrogen and oxygen atoms in total. The number of benzene rings is 1. The molecule has 0 fully saturated rings. The monoisotopic (exact) mass is 494 g/mol. The van der Waals surface area contributed by atoms with Crippen molar-refractivity contribution in [2.45, 2.75) is 31.7 Å². The Labute approximate surface area is 180 Å². The highest BCUT2D eigenvalue weighted by Crippen LogP contribution is 2.22. The molecule has 1 aromatic carbocycles. The van der Waals surface area contributed by atoms with E-state index in [4.69, 9.17) is 9.73 Å². The fourth-order valence-corrected chi connectivity index (χ4v) is 3.10. The molecule has 1 rings (SSSR count). The van der Waals surface area contributed by atoms with Gasteiger partial charge in [-0.2, -0.15) is 0 Å². The van der Waals surface area contributed by atoms with Crippen molar-refractivity contribution in [3.05, 3.63) is 29.3 Å². The number of likely N-dealkylation sites (N-methyl/N-ethyl adjacent to an activating group) is 1. The summed E-state index contributed by atoms with van der Waals surface area (Å²) in [4.78, 5) is 8.32. The molecule has 26 heavy (non-hydrogen) atoms. The first-order chi connectivity index (χ1) is 12.1. The number of methoxy groups -OCH3 is 1. The maximum Gasteiger partial charge on any atom is 0.191 e. The molecule has 0 aliphatic heterocycles. The lowest BCUT2D eigenvalue weighted by Crippen LogP contribution is -2.38. The van der Waals surface area contributed by atoms with Crippen LogP contribution < -0.4 is 10.6 Å². The number of rotatable bonds is 11. The number of thioether (sulfide) groups is 1. The van der Waals surface area contributed by atoms with Crippen molar-refractivity contribution >= 4 is 41.7 Å². The number of ether oxygens (including phenoxy) is 1. The van der Waals surface area contributed by atoms with Crippen molar-refractivity contribution < 1.29 is 4.74 Å². The van der Waals surface area contributed by atoms with Gasteiger partial charge in [0.05, 0.1) is 13.2 Å². The molecule has 1 aromatic rings. The Morgan fingerprint density at radius 3 is 2.69 bits per heavy atom. The zero-order valence-electron chi connectivity index (χ0n) is 16.8. The number of aryl methyl sites for hydroxylation is 1. The summed E-state index contributed by atoms with van der Waals surface area (Å²) in [5, 5.41) is 6.75. The van der Waals surface area contributed by atoms with Gasteiger partial charge in [-0.15, -0.1) is 35.7 Å². The summed E-state index contributed by atoms with van der Waals surface area (Å²) < 4.78 is 5.10. The highest BCUT2D eigenvalue weighted by atomic mass is 127. The number of halogens is 1. The SMILES string of the molecule is CCNC(=NCc1ccc(C)cc1SC)NCCCN(C)CCOC.I. The predicted molar refractivity (Wildman–Crippen MR) is 125 cm³/mol. The van der Waals surface area contributed by atoms with Crippen LogP contribution in [0.2, 0.25) is 0 Å². The van der Waals surface area contributed by atoms with Gasteiger partial charge in [0.2, 0.25) is 0 Å². The topological polar surface area (TPSA) is 48.9 Å². The van der Waals surface area contributed by atoms with Gasteiger partial charge in [0.25, 0.3) is 0 Å². The van der Waals surface area contributed by atoms with Gasteiger partial charge in [0.15, 0.2) is 5.96 Å². The summed E-state index contributed by atoms with van der Waals surface area (Å²) in [5.41, 5.74) is 2.56. The maximum absolute atomic E-state index is 5.10. The van der Waals surface area contributed by atoms with Gasteiger partial charge < -0.3 is 20.3 Å². The van der Waals surface area contributed by atoms with Crippen LogP contribution in [-0.2, 0) is 11.3 Å². The van der Waals surface area contributed by atoms with E-state index < -0.39 is 0 Å². The molecule has 0 bridgehead atoms. The molecule has 0 radical (unpaired) electrons. The summed E-state index contributed by atoms with van der Waals surface area (Å²) in [7, 11) is 3.87. The number of aliphatic imine (C=N–C) groups is 1. The van der Waals surface area contributed by atoms with E-state index in [1.165, 1.54) is 16.0 Å². The molecule has 150 valence electrons. The minimum atomic E-state index is 0. The lowest BCUT2D eigenvalue weighted by atomic mass is 10.1. The van der Waals surface area contributed by atoms with E-state index in [1.807, 2.05) is 0 Å². The van der Waals surface area contributed by atoms with E-state index in [-0.39, 0.29) is 24.0 Å². The summed E-state index contributed by atoms with van der Waals surface area (Å²) in [6.07, 6.45) is 3.19. The minimum Gasteiger partial charge on any atom is -0.383 e. The Morgan fingerprint density at radius 1 is 1.27 bits per heavy atom. The maximum atomic E-state index is 5.10. The molecule has 0 aliphatic rings. The van der Waals surface area contributed by atoms with E-state index >= 15 is 0 Å². The molecule has 0 aliphatic carbocycles. The number of hydrogen-bond donors (Lipinski definition) is 2. The van der Waals surface area contributed by atoms with Crippen molar-refractivity contribution in [3.8, 4) is 0 Å². The van der Waals surface area contributed by atoms with Crippen molar-refractivity contribution in [3.63, 3.8) is 0 Å². The third-order valence-corrected chi connectivity index (χ3v) is 4.70. The smallest absolute Gasteiger partial charge is 0.191 e. The van der Waals surface area contributed by atoms with Gasteiger partial charge in [-0.05, 0) is 57.3 Å². The Kier molecular flexibility index (Phi) is 15.2. The molecule has 0 unspecified atom stereocenters. The highest BCUT2D eigenvalue weighted by molar-refractivity contribution is 14.0. The summed E-state index contributed by atoms with van der Waals surface area (Å²) >= 11 is 1.78. The Bertz CT molecular complexity index is 528. The second-order valence-electron chi connectivity index (χ2n) is 6.09. The highest BCUT2D eigenvalue weighted by Gasteiger charge is 2.03. The second kappa shape index (κ2) is 15.5. The molecule has 0 saturated heterocycles. The molecule has 0 amide bonds. The number of nitrogens with zero attached hydrogens (tertiary/aromatic N) is 2. The van der Waals surface area contributed by atoms with Gasteiger partial charge in [0.1, 0.15) is 0 Å². The first-order valence-corrected chi connectivity index (χ1v) is 10.2. The fourth-order valence-electron chi connectivity index (χ4n) is 2.40. The first-order valence-electron chi connectivity index (χ1n) is 8.93. The van der Waals surface area contributed by atoms with Crippen molar-refractivity contribution in [1.82, 2.24) is 15.5 Å². The van der Waals surface area contributed by atoms with Crippen LogP contribution in [0.3, 0.4) is 0 Å². The van der Waals surface area contributed by atoms with E-state index in [9.17, 15) is 0 Å². The number of hydrogen-bond acceptors (Lipinski definition) is 4. The van der Waals surface area contributed by atoms with Gasteiger partial charge in [-0.25, -0.2) is 4.99 Å². The molecule has 0 atom stereocenters. The third-order valence-electron chi connectivity index (χ3n) is 3.88. The molecule has 0 saturated carbocycles. The van der Waals surface area contributed by atoms with Crippen LogP contribution in [0, 0.1) is 6.92 Å². The van der Waals surface area contributed by atoms with Crippen molar-refractivity contribution in [1.29, 1.82) is 0 Å². The largest absolute Gasteiger partial charge is 0.383 e. The van der Waals surface area contributed by atoms with Crippen LogP contribution in [0.4, 0.5) is 0 Å². The summed E-state index contributed by atoms with van der Waals surface area (Å²) in [6.45, 7) is 9.48. The van der Waals surface area contributed by atoms with Crippen LogP contribution >= 0.6 is 35.7 Å². The first kappa shape index (κ1) is 25.5. The Morgan fingerprint density at radius 2 is 2.04 bits per heavy atom. The normalized spacial score (nSPS) is 11.4. The van der Waals surface area contributed by atoms with E-state index in [1.54, 1.807) is 18.9 Å². The van der Waals surface area contributed by atoms with Crippen LogP contribution in [0.5, 0.6) is 0 Å². The van der Waals surface area contributed by atoms with Crippen molar-refractivity contribution in [2.75, 3.05) is 53.2 Å². The molecule has 7 heteroatoms. The minimum absolute atomic E-state index is 0. The summed E-state index contributed by atoms with van der Waals surface area (Å²) in [6, 6.07) is 6.56. The lowest BCUT2D eigenvalue weighted by molar-refractivity contribution is 0.161. The number of guanidine groups is 1. The average molecular weight is 494 g/mol. The fraction of sp³-hybridized carbons (Fsp3) is 0.632. The Hall–Kier alpha value is -0.510. The lowest BCUT2D eigenvalue weighted by Gasteiger charge is -2.17. The van der Waals surface area contributed by atoms with Crippen LogP contribution in [-0.4, -0.2) is 64.1 Å². The van der Waals surface area contributed by atoms with Gasteiger partial charge in [-0.3, -0.25) is 0 Å². The molecule has 2 N–H and O–H groups in total. The van der Waals surface area contributed by atoms with Crippen LogP contribution in [0.1, 0.15) is 24.5 Å². The van der Waals surface area contributed by atoms with E-state index in [2.05, 4.69) is 60.9 Å². The molecule has 0 spiro atoms. The Balaban J connectivity index is 0.00000625. The number of nitrogens with one attached hydrogen (secondary N) is 2. The zero-order chi connectivity index (χ0) is 18.5. The average Bonchev–Trinajstić information content (AvgIpc) is 2.61. The molecular weight excluding hydrogens is 459 g/mol. The van der Waals surface area contributed by atoms with E-state index in [0.717, 1.165) is 45.2 Å². The van der Waals surface area contributed by atoms with Crippen LogP contribution in [0.25, 0.3) is 0 Å². The molecule has 0 aromatic heterocycles. The quantitative estimate of drug-likeness (QED) is 0.163. The standard InChI is InChI=1S/C19H34N4OS.HI/c1-6-20-19(21-10-7-11-23(3)12-13-24-4)22-15-17-9-8-16(2)14-18(17)25-5;/h8-9,14H,6-7,10-13,15H2,1-5H3,(H2,20,21,22);1H. The van der Waals surface area contributed by atoms with Gasteiger partial charge in [0, 0.05) is 31.6 Å². The zero-order valence-corrected chi connectivity index (χ0v) is 19.9. The van der Waals surface area contributed by atoms with Gasteiger partial charge >= 0.3 is 0 Å². The van der Waals surface area contributed by atoms with Crippen molar-refractivity contribution in [2.24, 2.45) is 4.99 Å². The predicted octanol–water partition coefficient (Wildman–Crippen LogP) is 3.36. The van der Waals surface area contributed by atoms with Crippen LogP contribution in [0.15, 0.2) is 28.1 Å². The second-order valence-corrected chi connectivity index (χ2v) is 6.93. The summed E-state index contributed by atoms with van der Waals surface area (Å²) in [5.74, 6) is 0.884. The van der Waals surface area contributed by atoms with E-state index in [0.29, 0.717) is 6.54 Å². The van der Waals surface area contributed by atoms with Gasteiger partial charge in [-0.1, -0.05) is 12.1 Å². The third kappa shape index (κ3) is 10.6. The molecule has 0 heterocycles.